The molecule has 0 fully saturated rings. The van der Waals surface area contributed by atoms with E-state index < -0.39 is 0 Å². The van der Waals surface area contributed by atoms with Crippen LogP contribution in [0.15, 0.2) is 43.0 Å². The van der Waals surface area contributed by atoms with E-state index in [1.165, 1.54) is 0 Å². The van der Waals surface area contributed by atoms with E-state index in [0.717, 1.165) is 31.1 Å². The molecule has 1 atom stereocenters. The van der Waals surface area contributed by atoms with E-state index in [1.54, 1.807) is 0 Å². The first-order chi connectivity index (χ1) is 7.23. The van der Waals surface area contributed by atoms with E-state index in [0.29, 0.717) is 0 Å². The molecule has 0 unspecified atom stereocenters. The van der Waals surface area contributed by atoms with Crippen LogP contribution in [0.4, 0.5) is 0 Å². The zero-order valence-corrected chi connectivity index (χ0v) is 9.28. The van der Waals surface area contributed by atoms with Crippen molar-refractivity contribution in [3.63, 3.8) is 0 Å². The first-order valence-electron chi connectivity index (χ1n) is 5.36. The molecule has 0 saturated carbocycles. The Morgan fingerprint density at radius 3 is 2.53 bits per heavy atom. The van der Waals surface area contributed by atoms with Crippen LogP contribution in [0.2, 0.25) is 0 Å². The Bertz CT molecular complexity index is 315. The largest absolute Gasteiger partial charge is 0.302 e. The molecule has 0 amide bonds. The van der Waals surface area contributed by atoms with Crippen LogP contribution in [-0.2, 0) is 10.2 Å². The summed E-state index contributed by atoms with van der Waals surface area (Å²) in [5.41, 5.74) is 0.758. The lowest BCUT2D eigenvalue weighted by molar-refractivity contribution is -0.112. The van der Waals surface area contributed by atoms with Gasteiger partial charge in [-0.1, -0.05) is 36.4 Å². The Kier molecular flexibility index (Phi) is 4.29. The molecule has 1 aromatic carbocycles. The van der Waals surface area contributed by atoms with Crippen molar-refractivity contribution in [3.05, 3.63) is 48.6 Å². The van der Waals surface area contributed by atoms with Gasteiger partial charge in [0, 0.05) is 5.41 Å². The molecule has 0 heterocycles. The smallest absolute Gasteiger partial charge is 0.130 e. The number of hydrogen-bond acceptors (Lipinski definition) is 1. The summed E-state index contributed by atoms with van der Waals surface area (Å²) in [6, 6.07) is 9.96. The maximum absolute atomic E-state index is 11.2. The molecule has 1 heteroatoms. The van der Waals surface area contributed by atoms with Gasteiger partial charge in [-0.15, -0.1) is 6.58 Å². The van der Waals surface area contributed by atoms with Crippen LogP contribution in [0.5, 0.6) is 0 Å². The predicted octanol–water partition coefficient (Wildman–Crippen LogP) is 3.50. The fourth-order valence-electron chi connectivity index (χ4n) is 1.70. The van der Waals surface area contributed by atoms with Crippen LogP contribution in [0, 0.1) is 0 Å². The number of allylic oxidation sites excluding steroid dienone is 1. The number of rotatable bonds is 6. The molecule has 1 nitrogen and oxygen atoms in total. The third-order valence-corrected chi connectivity index (χ3v) is 2.80. The Balaban J connectivity index is 2.76. The molecule has 0 N–H and O–H groups in total. The third kappa shape index (κ3) is 3.05. The van der Waals surface area contributed by atoms with E-state index in [4.69, 9.17) is 0 Å². The summed E-state index contributed by atoms with van der Waals surface area (Å²) in [6.07, 6.45) is 5.82. The van der Waals surface area contributed by atoms with Crippen molar-refractivity contribution in [1.29, 1.82) is 0 Å². The second kappa shape index (κ2) is 5.50. The Morgan fingerprint density at radius 1 is 1.33 bits per heavy atom. The van der Waals surface area contributed by atoms with Crippen LogP contribution in [-0.4, -0.2) is 6.29 Å². The van der Waals surface area contributed by atoms with Gasteiger partial charge in [-0.05, 0) is 31.7 Å². The average molecular weight is 202 g/mol. The molecule has 1 rings (SSSR count). The highest BCUT2D eigenvalue weighted by Gasteiger charge is 2.24. The molecular weight excluding hydrogens is 184 g/mol. The molecule has 1 aromatic rings. The second-order valence-electron chi connectivity index (χ2n) is 4.08. The lowest BCUT2D eigenvalue weighted by Crippen LogP contribution is -2.23. The molecule has 15 heavy (non-hydrogen) atoms. The summed E-state index contributed by atoms with van der Waals surface area (Å²) in [7, 11) is 0. The lowest BCUT2D eigenvalue weighted by Gasteiger charge is -2.23. The summed E-state index contributed by atoms with van der Waals surface area (Å²) < 4.78 is 0. The summed E-state index contributed by atoms with van der Waals surface area (Å²) in [6.45, 7) is 5.69. The summed E-state index contributed by atoms with van der Waals surface area (Å²) >= 11 is 0. The van der Waals surface area contributed by atoms with Gasteiger partial charge in [0.25, 0.3) is 0 Å². The van der Waals surface area contributed by atoms with Crippen LogP contribution in [0.25, 0.3) is 0 Å². The molecule has 80 valence electrons. The van der Waals surface area contributed by atoms with E-state index in [-0.39, 0.29) is 5.41 Å². The molecule has 0 spiro atoms. The molecule has 0 aliphatic heterocycles. The zero-order chi connectivity index (χ0) is 11.1. The van der Waals surface area contributed by atoms with E-state index in [2.05, 4.69) is 6.58 Å². The fraction of sp³-hybridized carbons (Fsp3) is 0.357. The SMILES string of the molecule is C=CCCC[C@@](C)(C=O)c1ccccc1. The van der Waals surface area contributed by atoms with Crippen LogP contribution in [0.3, 0.4) is 0 Å². The van der Waals surface area contributed by atoms with Gasteiger partial charge < -0.3 is 4.79 Å². The monoisotopic (exact) mass is 202 g/mol. The van der Waals surface area contributed by atoms with Crippen molar-refractivity contribution in [2.24, 2.45) is 0 Å². The van der Waals surface area contributed by atoms with Gasteiger partial charge in [0.15, 0.2) is 0 Å². The molecule has 0 bridgehead atoms. The number of hydrogen-bond donors (Lipinski definition) is 0. The Hall–Kier alpha value is -1.37. The van der Waals surface area contributed by atoms with Gasteiger partial charge >= 0.3 is 0 Å². The molecule has 0 aliphatic rings. The molecule has 0 aromatic heterocycles. The van der Waals surface area contributed by atoms with Gasteiger partial charge in [0.05, 0.1) is 0 Å². The minimum Gasteiger partial charge on any atom is -0.302 e. The van der Waals surface area contributed by atoms with Gasteiger partial charge in [0.2, 0.25) is 0 Å². The minimum atomic E-state index is -0.343. The van der Waals surface area contributed by atoms with Gasteiger partial charge in [-0.2, -0.15) is 0 Å². The Labute approximate surface area is 91.8 Å². The van der Waals surface area contributed by atoms with Crippen LogP contribution in [0.1, 0.15) is 31.7 Å². The highest BCUT2D eigenvalue weighted by molar-refractivity contribution is 5.67. The van der Waals surface area contributed by atoms with E-state index in [9.17, 15) is 4.79 Å². The quantitative estimate of drug-likeness (QED) is 0.392. The number of aldehydes is 1. The van der Waals surface area contributed by atoms with Crippen molar-refractivity contribution < 1.29 is 4.79 Å². The second-order valence-corrected chi connectivity index (χ2v) is 4.08. The highest BCUT2D eigenvalue weighted by Crippen LogP contribution is 2.27. The third-order valence-electron chi connectivity index (χ3n) is 2.80. The highest BCUT2D eigenvalue weighted by atomic mass is 16.1. The maximum Gasteiger partial charge on any atom is 0.130 e. The first-order valence-corrected chi connectivity index (χ1v) is 5.36. The van der Waals surface area contributed by atoms with Gasteiger partial charge in [-0.3, -0.25) is 0 Å². The fourth-order valence-corrected chi connectivity index (χ4v) is 1.70. The number of carbonyl (C=O) groups excluding carboxylic acids is 1. The summed E-state index contributed by atoms with van der Waals surface area (Å²) in [4.78, 5) is 11.2. The molecule has 0 radical (unpaired) electrons. The average Bonchev–Trinajstić information content (AvgIpc) is 2.30. The number of benzene rings is 1. The molecule has 0 aliphatic carbocycles. The zero-order valence-electron chi connectivity index (χ0n) is 9.28. The molecular formula is C14H18O. The summed E-state index contributed by atoms with van der Waals surface area (Å²) in [5.74, 6) is 0. The predicted molar refractivity (Wildman–Crippen MR) is 63.9 cm³/mol. The first kappa shape index (κ1) is 11.7. The summed E-state index contributed by atoms with van der Waals surface area (Å²) in [5, 5.41) is 0. The van der Waals surface area contributed by atoms with E-state index in [1.807, 2.05) is 43.3 Å². The topological polar surface area (TPSA) is 17.1 Å². The van der Waals surface area contributed by atoms with Crippen molar-refractivity contribution in [2.45, 2.75) is 31.6 Å². The lowest BCUT2D eigenvalue weighted by atomic mass is 9.79. The van der Waals surface area contributed by atoms with Crippen LogP contribution < -0.4 is 0 Å². The number of unbranched alkanes of at least 4 members (excludes halogenated alkanes) is 1. The van der Waals surface area contributed by atoms with Gasteiger partial charge in [-0.25, -0.2) is 0 Å². The van der Waals surface area contributed by atoms with Crippen molar-refractivity contribution in [3.8, 4) is 0 Å². The van der Waals surface area contributed by atoms with E-state index >= 15 is 0 Å². The van der Waals surface area contributed by atoms with Crippen molar-refractivity contribution >= 4 is 6.29 Å². The maximum atomic E-state index is 11.2. The van der Waals surface area contributed by atoms with Crippen LogP contribution >= 0.6 is 0 Å². The van der Waals surface area contributed by atoms with Gasteiger partial charge in [0.1, 0.15) is 6.29 Å². The van der Waals surface area contributed by atoms with Crippen molar-refractivity contribution in [2.75, 3.05) is 0 Å². The Morgan fingerprint density at radius 2 is 2.00 bits per heavy atom. The minimum absolute atomic E-state index is 0.343. The normalized spacial score (nSPS) is 14.2. The molecule has 0 saturated heterocycles. The standard InChI is InChI=1S/C14H18O/c1-3-4-8-11-14(2,12-15)13-9-6-5-7-10-13/h3,5-7,9-10,12H,1,4,8,11H2,2H3/t14-/m0/s1. The van der Waals surface area contributed by atoms with Crippen molar-refractivity contribution in [1.82, 2.24) is 0 Å². The number of carbonyl (C=O) groups is 1.